The molecule has 1 unspecified atom stereocenters. The highest BCUT2D eigenvalue weighted by Gasteiger charge is 2.43. The van der Waals surface area contributed by atoms with Crippen molar-refractivity contribution in [2.45, 2.75) is 24.3 Å². The molecule has 1 heterocycles. The predicted octanol–water partition coefficient (Wildman–Crippen LogP) is 2.48. The van der Waals surface area contributed by atoms with Gasteiger partial charge < -0.3 is 5.11 Å². The first-order valence-electron chi connectivity index (χ1n) is 5.94. The van der Waals surface area contributed by atoms with Gasteiger partial charge in [-0.3, -0.25) is 4.79 Å². The van der Waals surface area contributed by atoms with Crippen LogP contribution in [0.5, 0.6) is 0 Å². The molecule has 0 aliphatic carbocycles. The fourth-order valence-electron chi connectivity index (χ4n) is 2.36. The first-order chi connectivity index (χ1) is 9.23. The highest BCUT2D eigenvalue weighted by atomic mass is 35.5. The number of carboxylic acids is 1. The van der Waals surface area contributed by atoms with Crippen LogP contribution in [0, 0.1) is 5.92 Å². The molecular weight excluding hydrogens is 325 g/mol. The van der Waals surface area contributed by atoms with Crippen LogP contribution in [0.4, 0.5) is 0 Å². The maximum Gasteiger partial charge on any atom is 0.322 e. The number of carbonyl (C=O) groups is 1. The minimum absolute atomic E-state index is 0.0876. The van der Waals surface area contributed by atoms with E-state index in [9.17, 15) is 18.3 Å². The molecule has 5 nitrogen and oxygen atoms in total. The highest BCUT2D eigenvalue weighted by Crippen LogP contribution is 2.32. The van der Waals surface area contributed by atoms with Crippen molar-refractivity contribution in [2.75, 3.05) is 6.54 Å². The van der Waals surface area contributed by atoms with Crippen LogP contribution in [0.1, 0.15) is 13.3 Å². The van der Waals surface area contributed by atoms with Gasteiger partial charge in [0, 0.05) is 16.6 Å². The number of hydrogen-bond donors (Lipinski definition) is 1. The van der Waals surface area contributed by atoms with Gasteiger partial charge in [-0.2, -0.15) is 4.31 Å². The normalized spacial score (nSPS) is 23.9. The van der Waals surface area contributed by atoms with Gasteiger partial charge in [-0.1, -0.05) is 30.1 Å². The second-order valence-electron chi connectivity index (χ2n) is 4.77. The third-order valence-electron chi connectivity index (χ3n) is 3.35. The van der Waals surface area contributed by atoms with Crippen LogP contribution >= 0.6 is 23.2 Å². The summed E-state index contributed by atoms with van der Waals surface area (Å²) in [6.07, 6.45) is 0.504. The van der Waals surface area contributed by atoms with Crippen molar-refractivity contribution in [1.29, 1.82) is 0 Å². The number of halogens is 2. The van der Waals surface area contributed by atoms with Crippen LogP contribution in [0.25, 0.3) is 0 Å². The molecule has 8 heteroatoms. The van der Waals surface area contributed by atoms with E-state index in [-0.39, 0.29) is 27.4 Å². The molecule has 110 valence electrons. The van der Waals surface area contributed by atoms with Crippen molar-refractivity contribution >= 4 is 39.2 Å². The van der Waals surface area contributed by atoms with Gasteiger partial charge in [-0.25, -0.2) is 8.42 Å². The Bertz CT molecular complexity index is 627. The van der Waals surface area contributed by atoms with E-state index in [1.807, 2.05) is 0 Å². The van der Waals surface area contributed by atoms with Gasteiger partial charge >= 0.3 is 5.97 Å². The minimum Gasteiger partial charge on any atom is -0.480 e. The maximum absolute atomic E-state index is 12.5. The van der Waals surface area contributed by atoms with E-state index in [0.29, 0.717) is 6.42 Å². The van der Waals surface area contributed by atoms with Crippen molar-refractivity contribution in [3.63, 3.8) is 0 Å². The Morgan fingerprint density at radius 2 is 1.85 bits per heavy atom. The van der Waals surface area contributed by atoms with E-state index >= 15 is 0 Å². The minimum atomic E-state index is -3.93. The lowest BCUT2D eigenvalue weighted by molar-refractivity contribution is -0.141. The number of benzene rings is 1. The van der Waals surface area contributed by atoms with Crippen molar-refractivity contribution in [3.8, 4) is 0 Å². The first kappa shape index (κ1) is 15.6. The molecule has 2 rings (SSSR count). The van der Waals surface area contributed by atoms with E-state index in [1.165, 1.54) is 18.2 Å². The monoisotopic (exact) mass is 337 g/mol. The molecule has 2 atom stereocenters. The Hall–Kier alpha value is -0.820. The highest BCUT2D eigenvalue weighted by molar-refractivity contribution is 7.89. The van der Waals surface area contributed by atoms with E-state index in [2.05, 4.69) is 0 Å². The summed E-state index contributed by atoms with van der Waals surface area (Å²) in [7, 11) is -3.93. The molecule has 0 bridgehead atoms. The third-order valence-corrected chi connectivity index (χ3v) is 5.64. The van der Waals surface area contributed by atoms with Gasteiger partial charge in [0.15, 0.2) is 0 Å². The quantitative estimate of drug-likeness (QED) is 0.919. The Balaban J connectivity index is 2.47. The molecule has 1 aliphatic rings. The summed E-state index contributed by atoms with van der Waals surface area (Å²) in [4.78, 5) is 11.2. The summed E-state index contributed by atoms with van der Waals surface area (Å²) in [5.74, 6) is -1.39. The SMILES string of the molecule is C[C@H]1CCN(S(=O)(=O)c2cc(Cl)cc(Cl)c2)C1C(=O)O. The van der Waals surface area contributed by atoms with Crippen molar-refractivity contribution in [2.24, 2.45) is 5.92 Å². The molecule has 0 saturated carbocycles. The Kier molecular flexibility index (Phi) is 4.30. The number of rotatable bonds is 3. The van der Waals surface area contributed by atoms with E-state index in [0.717, 1.165) is 4.31 Å². The van der Waals surface area contributed by atoms with Crippen molar-refractivity contribution in [3.05, 3.63) is 28.2 Å². The number of carboxylic acid groups (broad SMARTS) is 1. The number of hydrogen-bond acceptors (Lipinski definition) is 3. The number of aliphatic carboxylic acids is 1. The van der Waals surface area contributed by atoms with Crippen LogP contribution in [-0.4, -0.2) is 36.4 Å². The second kappa shape index (κ2) is 5.52. The Morgan fingerprint density at radius 3 is 2.35 bits per heavy atom. The van der Waals surface area contributed by atoms with Gasteiger partial charge in [0.25, 0.3) is 0 Å². The van der Waals surface area contributed by atoms with Crippen LogP contribution in [0.2, 0.25) is 10.0 Å². The molecule has 1 aromatic carbocycles. The second-order valence-corrected chi connectivity index (χ2v) is 7.53. The van der Waals surface area contributed by atoms with Gasteiger partial charge in [0.2, 0.25) is 10.0 Å². The molecule has 0 radical (unpaired) electrons. The molecule has 1 aromatic rings. The summed E-state index contributed by atoms with van der Waals surface area (Å²) in [5, 5.41) is 9.60. The lowest BCUT2D eigenvalue weighted by atomic mass is 10.0. The lowest BCUT2D eigenvalue weighted by Gasteiger charge is -2.23. The zero-order chi connectivity index (χ0) is 15.1. The zero-order valence-electron chi connectivity index (χ0n) is 10.6. The predicted molar refractivity (Wildman–Crippen MR) is 75.6 cm³/mol. The largest absolute Gasteiger partial charge is 0.480 e. The maximum atomic E-state index is 12.5. The van der Waals surface area contributed by atoms with E-state index < -0.39 is 22.0 Å². The number of sulfonamides is 1. The van der Waals surface area contributed by atoms with E-state index in [1.54, 1.807) is 6.92 Å². The van der Waals surface area contributed by atoms with Gasteiger partial charge in [-0.05, 0) is 30.5 Å². The smallest absolute Gasteiger partial charge is 0.322 e. The zero-order valence-corrected chi connectivity index (χ0v) is 12.9. The van der Waals surface area contributed by atoms with Crippen molar-refractivity contribution in [1.82, 2.24) is 4.31 Å². The van der Waals surface area contributed by atoms with Gasteiger partial charge in [0.05, 0.1) is 4.90 Å². The van der Waals surface area contributed by atoms with E-state index in [4.69, 9.17) is 23.2 Å². The average Bonchev–Trinajstić information content (AvgIpc) is 2.70. The summed E-state index contributed by atoms with van der Waals surface area (Å²) < 4.78 is 26.1. The van der Waals surface area contributed by atoms with Crippen LogP contribution < -0.4 is 0 Å². The average molecular weight is 338 g/mol. The summed E-state index contributed by atoms with van der Waals surface area (Å²) in [6, 6.07) is 2.90. The molecule has 1 N–H and O–H groups in total. The Labute approximate surface area is 127 Å². The molecule has 0 spiro atoms. The standard InChI is InChI=1S/C12H13Cl2NO4S/c1-7-2-3-15(11(7)12(16)17)20(18,19)10-5-8(13)4-9(14)6-10/h4-7,11H,2-3H2,1H3,(H,16,17)/t7-,11?/m0/s1. The fourth-order valence-corrected chi connectivity index (χ4v) is 4.78. The molecule has 20 heavy (non-hydrogen) atoms. The van der Waals surface area contributed by atoms with Crippen LogP contribution in [0.3, 0.4) is 0 Å². The van der Waals surface area contributed by atoms with Crippen LogP contribution in [0.15, 0.2) is 23.1 Å². The molecule has 0 amide bonds. The molecular formula is C12H13Cl2NO4S. The van der Waals surface area contributed by atoms with Crippen molar-refractivity contribution < 1.29 is 18.3 Å². The lowest BCUT2D eigenvalue weighted by Crippen LogP contribution is -2.42. The van der Waals surface area contributed by atoms with Gasteiger partial charge in [-0.15, -0.1) is 0 Å². The number of nitrogens with zero attached hydrogens (tertiary/aromatic N) is 1. The first-order valence-corrected chi connectivity index (χ1v) is 8.14. The molecule has 1 aliphatic heterocycles. The van der Waals surface area contributed by atoms with Crippen LogP contribution in [-0.2, 0) is 14.8 Å². The molecule has 0 aromatic heterocycles. The molecule has 1 saturated heterocycles. The summed E-state index contributed by atoms with van der Waals surface area (Å²) in [5.41, 5.74) is 0. The summed E-state index contributed by atoms with van der Waals surface area (Å²) in [6.45, 7) is 1.89. The molecule has 1 fully saturated rings. The Morgan fingerprint density at radius 1 is 1.30 bits per heavy atom. The third kappa shape index (κ3) is 2.79. The topological polar surface area (TPSA) is 74.7 Å². The van der Waals surface area contributed by atoms with Gasteiger partial charge in [0.1, 0.15) is 6.04 Å². The fraction of sp³-hybridized carbons (Fsp3) is 0.417. The summed E-state index contributed by atoms with van der Waals surface area (Å²) >= 11 is 11.6.